The van der Waals surface area contributed by atoms with Gasteiger partial charge >= 0.3 is 98.4 Å². The number of hydrogen-bond donors (Lipinski definition) is 0. The average molecular weight is 258 g/mol. The van der Waals surface area contributed by atoms with E-state index in [1.54, 1.807) is 0 Å². The van der Waals surface area contributed by atoms with Gasteiger partial charge in [0.2, 0.25) is 0 Å². The Morgan fingerprint density at radius 2 is 1.33 bits per heavy atom. The van der Waals surface area contributed by atoms with E-state index in [4.69, 9.17) is 0 Å². The van der Waals surface area contributed by atoms with Gasteiger partial charge in [0, 0.05) is 0 Å². The quantitative estimate of drug-likeness (QED) is 0.572. The SMILES string of the molecule is [Se]C(=Cc1ccccc1)c1ccccc1. The van der Waals surface area contributed by atoms with Crippen molar-refractivity contribution in [2.45, 2.75) is 0 Å². The van der Waals surface area contributed by atoms with E-state index in [1.165, 1.54) is 15.6 Å². The van der Waals surface area contributed by atoms with Crippen molar-refractivity contribution in [3.05, 3.63) is 71.8 Å². The summed E-state index contributed by atoms with van der Waals surface area (Å²) in [6, 6.07) is 20.6. The van der Waals surface area contributed by atoms with Crippen LogP contribution in [0.2, 0.25) is 0 Å². The Morgan fingerprint density at radius 1 is 0.800 bits per heavy atom. The van der Waals surface area contributed by atoms with Crippen molar-refractivity contribution in [1.82, 2.24) is 0 Å². The first-order valence-corrected chi connectivity index (χ1v) is 5.71. The van der Waals surface area contributed by atoms with Crippen molar-refractivity contribution < 1.29 is 0 Å². The van der Waals surface area contributed by atoms with Crippen molar-refractivity contribution in [3.8, 4) is 0 Å². The average Bonchev–Trinajstić information content (AvgIpc) is 2.31. The van der Waals surface area contributed by atoms with Gasteiger partial charge in [-0.25, -0.2) is 0 Å². The summed E-state index contributed by atoms with van der Waals surface area (Å²) in [4.78, 5) is 0. The molecule has 0 N–H and O–H groups in total. The molecule has 1 heteroatoms. The molecule has 0 nitrogen and oxygen atoms in total. The van der Waals surface area contributed by atoms with E-state index < -0.39 is 0 Å². The normalized spacial score (nSPS) is 11.3. The summed E-state index contributed by atoms with van der Waals surface area (Å²) in [7, 11) is 0. The van der Waals surface area contributed by atoms with E-state index >= 15 is 0 Å². The van der Waals surface area contributed by atoms with Gasteiger partial charge in [0.15, 0.2) is 0 Å². The standard InChI is InChI=1S/C14H11Se/c15-14(13-9-5-2-6-10-13)11-12-7-3-1-4-8-12/h1-11H. The summed E-state index contributed by atoms with van der Waals surface area (Å²) in [5.41, 5.74) is 2.44. The molecule has 2 aromatic carbocycles. The number of benzene rings is 2. The Balaban J connectivity index is 2.29. The van der Waals surface area contributed by atoms with Gasteiger partial charge in [-0.2, -0.15) is 0 Å². The van der Waals surface area contributed by atoms with Crippen molar-refractivity contribution in [1.29, 1.82) is 0 Å². The minimum absolute atomic E-state index is 1.17. The van der Waals surface area contributed by atoms with Crippen LogP contribution in [-0.2, 0) is 0 Å². The molecule has 0 aliphatic heterocycles. The molecule has 0 spiro atoms. The number of rotatable bonds is 2. The van der Waals surface area contributed by atoms with Crippen LogP contribution in [-0.4, -0.2) is 16.0 Å². The molecule has 0 atom stereocenters. The van der Waals surface area contributed by atoms with Crippen LogP contribution in [0.3, 0.4) is 0 Å². The first-order valence-electron chi connectivity index (χ1n) is 4.85. The maximum absolute atomic E-state index is 3.10. The first-order chi connectivity index (χ1) is 7.36. The van der Waals surface area contributed by atoms with Crippen LogP contribution < -0.4 is 0 Å². The maximum atomic E-state index is 3.10. The predicted octanol–water partition coefficient (Wildman–Crippen LogP) is 3.35. The molecule has 2 rings (SSSR count). The summed E-state index contributed by atoms with van der Waals surface area (Å²) < 4.78 is 1.17. The second kappa shape index (κ2) is 4.97. The molecule has 0 heterocycles. The molecule has 0 bridgehead atoms. The molecule has 0 fully saturated rings. The van der Waals surface area contributed by atoms with Crippen molar-refractivity contribution >= 4 is 26.6 Å². The van der Waals surface area contributed by atoms with Gasteiger partial charge in [-0.1, -0.05) is 0 Å². The zero-order chi connectivity index (χ0) is 10.5. The van der Waals surface area contributed by atoms with Crippen LogP contribution in [0, 0.1) is 0 Å². The first kappa shape index (κ1) is 10.2. The van der Waals surface area contributed by atoms with E-state index in [9.17, 15) is 0 Å². The van der Waals surface area contributed by atoms with Crippen LogP contribution in [0.25, 0.3) is 10.5 Å². The van der Waals surface area contributed by atoms with E-state index in [-0.39, 0.29) is 0 Å². The van der Waals surface area contributed by atoms with E-state index in [1.807, 2.05) is 36.4 Å². The van der Waals surface area contributed by atoms with Crippen LogP contribution in [0.5, 0.6) is 0 Å². The molecule has 0 unspecified atom stereocenters. The molecule has 15 heavy (non-hydrogen) atoms. The van der Waals surface area contributed by atoms with Crippen LogP contribution >= 0.6 is 0 Å². The van der Waals surface area contributed by atoms with Gasteiger partial charge < -0.3 is 0 Å². The van der Waals surface area contributed by atoms with Crippen LogP contribution in [0.4, 0.5) is 0 Å². The topological polar surface area (TPSA) is 0 Å². The Hall–Kier alpha value is -1.30. The van der Waals surface area contributed by atoms with Gasteiger partial charge in [0.1, 0.15) is 0 Å². The third-order valence-electron chi connectivity index (χ3n) is 2.16. The summed E-state index contributed by atoms with van der Waals surface area (Å²) in [5.74, 6) is 0. The summed E-state index contributed by atoms with van der Waals surface area (Å²) in [6.45, 7) is 0. The Kier molecular flexibility index (Phi) is 3.39. The van der Waals surface area contributed by atoms with Gasteiger partial charge in [-0.15, -0.1) is 0 Å². The molecule has 73 valence electrons. The fourth-order valence-electron chi connectivity index (χ4n) is 1.39. The number of hydrogen-bond acceptors (Lipinski definition) is 0. The monoisotopic (exact) mass is 259 g/mol. The molecule has 0 aliphatic carbocycles. The minimum atomic E-state index is 1.17. The third kappa shape index (κ3) is 2.82. The van der Waals surface area contributed by atoms with E-state index in [0.29, 0.717) is 0 Å². The molecular weight excluding hydrogens is 247 g/mol. The van der Waals surface area contributed by atoms with Gasteiger partial charge in [0.25, 0.3) is 0 Å². The molecular formula is C14H11Se. The second-order valence-electron chi connectivity index (χ2n) is 3.29. The zero-order valence-corrected chi connectivity index (χ0v) is 9.97. The molecule has 1 radical (unpaired) electrons. The van der Waals surface area contributed by atoms with Gasteiger partial charge in [-0.3, -0.25) is 0 Å². The summed E-state index contributed by atoms with van der Waals surface area (Å²) in [5, 5.41) is 0. The van der Waals surface area contributed by atoms with Gasteiger partial charge in [-0.05, 0) is 0 Å². The van der Waals surface area contributed by atoms with Gasteiger partial charge in [0.05, 0.1) is 0 Å². The van der Waals surface area contributed by atoms with Crippen molar-refractivity contribution in [2.24, 2.45) is 0 Å². The third-order valence-corrected chi connectivity index (χ3v) is 2.90. The predicted molar refractivity (Wildman–Crippen MR) is 66.5 cm³/mol. The van der Waals surface area contributed by atoms with Crippen molar-refractivity contribution in [2.75, 3.05) is 0 Å². The van der Waals surface area contributed by atoms with Crippen LogP contribution in [0.15, 0.2) is 60.7 Å². The Morgan fingerprint density at radius 3 is 1.93 bits per heavy atom. The molecule has 0 aliphatic rings. The van der Waals surface area contributed by atoms with Crippen LogP contribution in [0.1, 0.15) is 11.1 Å². The molecule has 2 aromatic rings. The zero-order valence-electron chi connectivity index (χ0n) is 8.26. The van der Waals surface area contributed by atoms with Crippen molar-refractivity contribution in [3.63, 3.8) is 0 Å². The van der Waals surface area contributed by atoms with E-state index in [0.717, 1.165) is 0 Å². The molecule has 0 aromatic heterocycles. The Bertz CT molecular complexity index is 443. The fourth-order valence-corrected chi connectivity index (χ4v) is 1.96. The second-order valence-corrected chi connectivity index (χ2v) is 4.21. The molecule has 0 saturated heterocycles. The fraction of sp³-hybridized carbons (Fsp3) is 0. The summed E-state index contributed by atoms with van der Waals surface area (Å²) >= 11 is 3.10. The Labute approximate surface area is 98.5 Å². The van der Waals surface area contributed by atoms with E-state index in [2.05, 4.69) is 46.4 Å². The molecule has 0 saturated carbocycles. The molecule has 0 amide bonds. The summed E-state index contributed by atoms with van der Waals surface area (Å²) in [6.07, 6.45) is 2.15.